The third-order valence-electron chi connectivity index (χ3n) is 5.08. The number of rotatable bonds is 3. The smallest absolute Gasteiger partial charge is 0.287 e. The summed E-state index contributed by atoms with van der Waals surface area (Å²) in [4.78, 5) is 12.3. The first-order valence-corrected chi connectivity index (χ1v) is 9.50. The average Bonchev–Trinajstić information content (AvgIpc) is 2.82. The number of primary sulfonamides is 1. The van der Waals surface area contributed by atoms with E-state index in [4.69, 9.17) is 15.3 Å². The molecule has 2 aliphatic carbocycles. The van der Waals surface area contributed by atoms with Crippen molar-refractivity contribution in [2.24, 2.45) is 22.7 Å². The number of nitrogens with one attached hydrogen (secondary N) is 1. The van der Waals surface area contributed by atoms with Crippen LogP contribution in [0.1, 0.15) is 48.4 Å². The van der Waals surface area contributed by atoms with E-state index in [0.717, 1.165) is 25.7 Å². The summed E-state index contributed by atoms with van der Waals surface area (Å²) in [5.74, 6) is 0.494. The Kier molecular flexibility index (Phi) is 4.24. The summed E-state index contributed by atoms with van der Waals surface area (Å²) >= 11 is 0. The van der Waals surface area contributed by atoms with Gasteiger partial charge in [0.05, 0.1) is 0 Å². The maximum atomic E-state index is 12.4. The molecule has 2 bridgehead atoms. The Bertz CT molecular complexity index is 698. The van der Waals surface area contributed by atoms with E-state index in [-0.39, 0.29) is 34.4 Å². The predicted molar refractivity (Wildman–Crippen MR) is 84.1 cm³/mol. The highest BCUT2D eigenvalue weighted by Gasteiger charge is 2.40. The van der Waals surface area contributed by atoms with Crippen molar-refractivity contribution in [1.82, 2.24) is 5.32 Å². The van der Waals surface area contributed by atoms with Gasteiger partial charge in [-0.25, -0.2) is 13.6 Å². The molecule has 7 nitrogen and oxygen atoms in total. The molecule has 2 aliphatic rings. The van der Waals surface area contributed by atoms with Gasteiger partial charge >= 0.3 is 0 Å². The molecule has 2 atom stereocenters. The average molecular weight is 341 g/mol. The van der Waals surface area contributed by atoms with E-state index in [0.29, 0.717) is 11.8 Å². The van der Waals surface area contributed by atoms with Crippen LogP contribution in [-0.4, -0.2) is 26.4 Å². The van der Waals surface area contributed by atoms with Gasteiger partial charge in [-0.3, -0.25) is 4.79 Å². The van der Waals surface area contributed by atoms with Crippen molar-refractivity contribution in [3.63, 3.8) is 0 Å². The summed E-state index contributed by atoms with van der Waals surface area (Å²) in [7, 11) is -3.89. The summed E-state index contributed by atoms with van der Waals surface area (Å²) in [6.07, 6.45) is 5.13. The Hall–Kier alpha value is -1.38. The third kappa shape index (κ3) is 3.29. The zero-order valence-electron chi connectivity index (χ0n) is 13.1. The minimum atomic E-state index is -3.89. The summed E-state index contributed by atoms with van der Waals surface area (Å²) in [6.45, 7) is 1.48. The van der Waals surface area contributed by atoms with Crippen molar-refractivity contribution in [1.29, 1.82) is 0 Å². The fourth-order valence-electron chi connectivity index (χ4n) is 4.11. The van der Waals surface area contributed by atoms with Gasteiger partial charge in [-0.05, 0) is 44.4 Å². The van der Waals surface area contributed by atoms with E-state index in [2.05, 4.69) is 5.32 Å². The van der Waals surface area contributed by atoms with Crippen LogP contribution < -0.4 is 16.2 Å². The van der Waals surface area contributed by atoms with E-state index in [1.807, 2.05) is 0 Å². The van der Waals surface area contributed by atoms with Crippen molar-refractivity contribution >= 4 is 15.9 Å². The molecule has 5 N–H and O–H groups in total. The number of amides is 1. The van der Waals surface area contributed by atoms with Crippen LogP contribution >= 0.6 is 0 Å². The Morgan fingerprint density at radius 1 is 1.30 bits per heavy atom. The maximum Gasteiger partial charge on any atom is 0.287 e. The number of sulfonamides is 1. The van der Waals surface area contributed by atoms with Gasteiger partial charge in [-0.2, -0.15) is 0 Å². The molecular formula is C15H23N3O4S. The number of aryl methyl sites for hydroxylation is 1. The molecule has 2 unspecified atom stereocenters. The van der Waals surface area contributed by atoms with Crippen molar-refractivity contribution < 1.29 is 17.6 Å². The molecule has 3 rings (SSSR count). The van der Waals surface area contributed by atoms with Crippen LogP contribution in [0.2, 0.25) is 0 Å². The summed E-state index contributed by atoms with van der Waals surface area (Å²) in [5.41, 5.74) is 6.09. The molecule has 2 saturated carbocycles. The number of hydrogen-bond acceptors (Lipinski definition) is 5. The molecule has 0 radical (unpaired) electrons. The van der Waals surface area contributed by atoms with Gasteiger partial charge in [0.1, 0.15) is 10.7 Å². The van der Waals surface area contributed by atoms with Gasteiger partial charge in [0.2, 0.25) is 10.0 Å². The first-order chi connectivity index (χ1) is 10.8. The fourth-order valence-corrected chi connectivity index (χ4v) is 4.82. The second-order valence-corrected chi connectivity index (χ2v) is 8.29. The molecule has 0 saturated heterocycles. The van der Waals surface area contributed by atoms with Crippen LogP contribution in [-0.2, 0) is 10.0 Å². The molecule has 0 spiro atoms. The Balaban J connectivity index is 1.77. The molecule has 23 heavy (non-hydrogen) atoms. The lowest BCUT2D eigenvalue weighted by Crippen LogP contribution is -2.53. The standard InChI is InChI=1S/C15H23N3O4S/c1-8-13(23(17,20)21)7-12(22-8)15(19)18-14-9-3-2-4-10(14)6-11(16)5-9/h7,9-11,14H,2-6,16H2,1H3,(H,18,19)(H2,17,20,21). The van der Waals surface area contributed by atoms with E-state index in [9.17, 15) is 13.2 Å². The second-order valence-electron chi connectivity index (χ2n) is 6.76. The quantitative estimate of drug-likeness (QED) is 0.751. The van der Waals surface area contributed by atoms with Gasteiger partial charge in [0.25, 0.3) is 5.91 Å². The van der Waals surface area contributed by atoms with Gasteiger partial charge in [0, 0.05) is 18.2 Å². The van der Waals surface area contributed by atoms with Gasteiger partial charge < -0.3 is 15.5 Å². The highest BCUT2D eigenvalue weighted by molar-refractivity contribution is 7.89. The lowest BCUT2D eigenvalue weighted by molar-refractivity contribution is 0.0731. The monoisotopic (exact) mass is 341 g/mol. The maximum absolute atomic E-state index is 12.4. The number of hydrogen-bond donors (Lipinski definition) is 3. The fraction of sp³-hybridized carbons (Fsp3) is 0.667. The highest BCUT2D eigenvalue weighted by Crippen LogP contribution is 2.39. The third-order valence-corrected chi connectivity index (χ3v) is 6.10. The molecule has 2 fully saturated rings. The normalized spacial score (nSPS) is 30.9. The summed E-state index contributed by atoms with van der Waals surface area (Å²) in [5, 5.41) is 8.14. The Morgan fingerprint density at radius 2 is 1.91 bits per heavy atom. The van der Waals surface area contributed by atoms with E-state index in [1.54, 1.807) is 0 Å². The molecule has 1 amide bonds. The number of carbonyl (C=O) groups is 1. The minimum Gasteiger partial charge on any atom is -0.455 e. The van der Waals surface area contributed by atoms with E-state index < -0.39 is 10.0 Å². The van der Waals surface area contributed by atoms with Crippen molar-refractivity contribution in [2.45, 2.75) is 56.0 Å². The van der Waals surface area contributed by atoms with Crippen molar-refractivity contribution in [3.05, 3.63) is 17.6 Å². The molecule has 1 heterocycles. The number of fused-ring (bicyclic) bond motifs is 2. The van der Waals surface area contributed by atoms with Crippen molar-refractivity contribution in [3.8, 4) is 0 Å². The molecular weight excluding hydrogens is 318 g/mol. The van der Waals surface area contributed by atoms with Crippen LogP contribution in [0, 0.1) is 18.8 Å². The van der Waals surface area contributed by atoms with Crippen LogP contribution in [0.5, 0.6) is 0 Å². The number of furan rings is 1. The predicted octanol–water partition coefficient (Wildman–Crippen LogP) is 0.871. The van der Waals surface area contributed by atoms with E-state index in [1.165, 1.54) is 19.4 Å². The molecule has 0 aromatic carbocycles. The zero-order valence-corrected chi connectivity index (χ0v) is 13.9. The SMILES string of the molecule is Cc1oc(C(=O)NC2C3CCCC2CC(N)C3)cc1S(N)(=O)=O. The topological polar surface area (TPSA) is 128 Å². The highest BCUT2D eigenvalue weighted by atomic mass is 32.2. The number of carbonyl (C=O) groups excluding carboxylic acids is 1. The lowest BCUT2D eigenvalue weighted by atomic mass is 9.67. The van der Waals surface area contributed by atoms with E-state index >= 15 is 0 Å². The van der Waals surface area contributed by atoms with Crippen LogP contribution in [0.4, 0.5) is 0 Å². The number of nitrogens with two attached hydrogens (primary N) is 2. The Labute approximate surface area is 135 Å². The molecule has 128 valence electrons. The molecule has 0 aliphatic heterocycles. The molecule has 1 aromatic rings. The first kappa shape index (κ1) is 16.5. The summed E-state index contributed by atoms with van der Waals surface area (Å²) < 4.78 is 28.2. The zero-order chi connectivity index (χ0) is 16.8. The molecule has 1 aromatic heterocycles. The van der Waals surface area contributed by atoms with Gasteiger partial charge in [0.15, 0.2) is 5.76 Å². The molecule has 8 heteroatoms. The minimum absolute atomic E-state index is 0.0144. The van der Waals surface area contributed by atoms with Crippen LogP contribution in [0.3, 0.4) is 0 Å². The summed E-state index contributed by atoms with van der Waals surface area (Å²) in [6, 6.07) is 1.49. The second kappa shape index (κ2) is 5.92. The Morgan fingerprint density at radius 3 is 2.43 bits per heavy atom. The van der Waals surface area contributed by atoms with Crippen LogP contribution in [0.25, 0.3) is 0 Å². The van der Waals surface area contributed by atoms with Crippen LogP contribution in [0.15, 0.2) is 15.4 Å². The van der Waals surface area contributed by atoms with Crippen molar-refractivity contribution in [2.75, 3.05) is 0 Å². The van der Waals surface area contributed by atoms with Gasteiger partial charge in [-0.1, -0.05) is 6.42 Å². The lowest BCUT2D eigenvalue weighted by Gasteiger charge is -2.45. The van der Waals surface area contributed by atoms with Gasteiger partial charge in [-0.15, -0.1) is 0 Å². The largest absolute Gasteiger partial charge is 0.455 e. The first-order valence-electron chi connectivity index (χ1n) is 7.95.